The molecule has 0 aliphatic rings. The number of benzene rings is 1. The number of aromatic nitrogens is 2. The van der Waals surface area contributed by atoms with Gasteiger partial charge in [-0.1, -0.05) is 6.07 Å². The van der Waals surface area contributed by atoms with Crippen LogP contribution in [0.4, 0.5) is 20.3 Å². The highest BCUT2D eigenvalue weighted by molar-refractivity contribution is 6.02. The van der Waals surface area contributed by atoms with Gasteiger partial charge in [-0.25, -0.2) is 8.78 Å². The number of ether oxygens (including phenoxy) is 1. The van der Waals surface area contributed by atoms with Gasteiger partial charge in [0.2, 0.25) is 0 Å². The van der Waals surface area contributed by atoms with Crippen LogP contribution in [0.1, 0.15) is 10.5 Å². The molecule has 22 heavy (non-hydrogen) atoms. The van der Waals surface area contributed by atoms with Crippen molar-refractivity contribution in [1.82, 2.24) is 10.2 Å². The average Bonchev–Trinajstić information content (AvgIpc) is 2.52. The van der Waals surface area contributed by atoms with Crippen molar-refractivity contribution in [1.29, 1.82) is 0 Å². The topological polar surface area (TPSA) is 76.1 Å². The van der Waals surface area contributed by atoms with Crippen LogP contribution in [-0.2, 0) is 4.74 Å². The van der Waals surface area contributed by atoms with Crippen molar-refractivity contribution in [3.63, 3.8) is 0 Å². The molecule has 0 atom stereocenters. The molecule has 0 bridgehead atoms. The van der Waals surface area contributed by atoms with Crippen LogP contribution in [0.15, 0.2) is 30.3 Å². The molecule has 116 valence electrons. The monoisotopic (exact) mass is 308 g/mol. The number of nitrogens with one attached hydrogen (secondary N) is 2. The molecule has 2 rings (SSSR count). The SMILES string of the molecule is COCCNc1ccc(C(=O)Nc2c(F)cccc2F)nn1. The van der Waals surface area contributed by atoms with E-state index in [0.717, 1.165) is 12.1 Å². The molecule has 0 saturated heterocycles. The maximum absolute atomic E-state index is 13.5. The first-order chi connectivity index (χ1) is 10.6. The Labute approximate surface area is 125 Å². The standard InChI is InChI=1S/C14H14F2N4O2/c1-22-8-7-17-12-6-5-11(19-20-12)14(21)18-13-9(15)3-2-4-10(13)16/h2-6H,7-8H2,1H3,(H,17,20)(H,18,21). The summed E-state index contributed by atoms with van der Waals surface area (Å²) >= 11 is 0. The molecule has 1 amide bonds. The summed E-state index contributed by atoms with van der Waals surface area (Å²) in [5.41, 5.74) is -0.573. The molecule has 6 nitrogen and oxygen atoms in total. The van der Waals surface area contributed by atoms with Crippen molar-refractivity contribution in [2.75, 3.05) is 30.9 Å². The van der Waals surface area contributed by atoms with Crippen LogP contribution >= 0.6 is 0 Å². The minimum atomic E-state index is -0.862. The molecule has 0 aliphatic carbocycles. The second kappa shape index (κ2) is 7.41. The van der Waals surface area contributed by atoms with Gasteiger partial charge in [-0.15, -0.1) is 10.2 Å². The largest absolute Gasteiger partial charge is 0.383 e. The normalized spacial score (nSPS) is 10.3. The summed E-state index contributed by atoms with van der Waals surface area (Å²) in [5.74, 6) is -2.01. The second-order valence-corrected chi connectivity index (χ2v) is 4.27. The molecule has 0 unspecified atom stereocenters. The zero-order chi connectivity index (χ0) is 15.9. The van der Waals surface area contributed by atoms with E-state index in [4.69, 9.17) is 4.74 Å². The zero-order valence-electron chi connectivity index (χ0n) is 11.8. The third-order valence-electron chi connectivity index (χ3n) is 2.71. The molecule has 0 saturated carbocycles. The third-order valence-corrected chi connectivity index (χ3v) is 2.71. The van der Waals surface area contributed by atoms with Gasteiger partial charge in [0.15, 0.2) is 5.69 Å². The van der Waals surface area contributed by atoms with E-state index in [9.17, 15) is 13.6 Å². The van der Waals surface area contributed by atoms with Gasteiger partial charge >= 0.3 is 0 Å². The Morgan fingerprint density at radius 3 is 2.50 bits per heavy atom. The first kappa shape index (κ1) is 15.8. The number of rotatable bonds is 6. The van der Waals surface area contributed by atoms with Gasteiger partial charge in [0.05, 0.1) is 6.61 Å². The molecular formula is C14H14F2N4O2. The van der Waals surface area contributed by atoms with E-state index in [1.807, 2.05) is 0 Å². The zero-order valence-corrected chi connectivity index (χ0v) is 11.8. The van der Waals surface area contributed by atoms with Crippen LogP contribution in [0.3, 0.4) is 0 Å². The Hall–Kier alpha value is -2.61. The van der Waals surface area contributed by atoms with E-state index < -0.39 is 23.2 Å². The van der Waals surface area contributed by atoms with Crippen molar-refractivity contribution >= 4 is 17.4 Å². The van der Waals surface area contributed by atoms with Crippen LogP contribution < -0.4 is 10.6 Å². The lowest BCUT2D eigenvalue weighted by Crippen LogP contribution is -2.17. The molecule has 0 aliphatic heterocycles. The Kier molecular flexibility index (Phi) is 5.31. The summed E-state index contributed by atoms with van der Waals surface area (Å²) in [6.07, 6.45) is 0. The summed E-state index contributed by atoms with van der Waals surface area (Å²) in [6.45, 7) is 1.04. The number of hydrogen-bond acceptors (Lipinski definition) is 5. The molecular weight excluding hydrogens is 294 g/mol. The number of nitrogens with zero attached hydrogens (tertiary/aromatic N) is 2. The number of carbonyl (C=O) groups excluding carboxylic acids is 1. The number of amides is 1. The van der Waals surface area contributed by atoms with Gasteiger partial charge in [0.1, 0.15) is 23.1 Å². The summed E-state index contributed by atoms with van der Waals surface area (Å²) in [5, 5.41) is 12.6. The highest BCUT2D eigenvalue weighted by Gasteiger charge is 2.14. The molecule has 0 radical (unpaired) electrons. The van der Waals surface area contributed by atoms with Crippen LogP contribution in [-0.4, -0.2) is 36.4 Å². The van der Waals surface area contributed by atoms with Crippen molar-refractivity contribution in [3.8, 4) is 0 Å². The lowest BCUT2D eigenvalue weighted by molar-refractivity contribution is 0.102. The third kappa shape index (κ3) is 3.95. The van der Waals surface area contributed by atoms with E-state index in [1.54, 1.807) is 7.11 Å². The van der Waals surface area contributed by atoms with Crippen molar-refractivity contribution in [3.05, 3.63) is 47.7 Å². The Morgan fingerprint density at radius 2 is 1.91 bits per heavy atom. The minimum Gasteiger partial charge on any atom is -0.383 e. The predicted octanol–water partition coefficient (Wildman–Crippen LogP) is 2.07. The van der Waals surface area contributed by atoms with E-state index >= 15 is 0 Å². The summed E-state index contributed by atoms with van der Waals surface area (Å²) in [6, 6.07) is 6.24. The first-order valence-electron chi connectivity index (χ1n) is 6.43. The molecule has 0 spiro atoms. The Morgan fingerprint density at radius 1 is 1.18 bits per heavy atom. The fourth-order valence-corrected chi connectivity index (χ4v) is 1.62. The highest BCUT2D eigenvalue weighted by atomic mass is 19.1. The fourth-order valence-electron chi connectivity index (χ4n) is 1.62. The van der Waals surface area contributed by atoms with E-state index in [0.29, 0.717) is 19.0 Å². The summed E-state index contributed by atoms with van der Waals surface area (Å²) in [7, 11) is 1.57. The first-order valence-corrected chi connectivity index (χ1v) is 6.43. The van der Waals surface area contributed by atoms with Gasteiger partial charge in [-0.3, -0.25) is 4.79 Å². The van der Waals surface area contributed by atoms with Crippen molar-refractivity contribution in [2.45, 2.75) is 0 Å². The van der Waals surface area contributed by atoms with E-state index in [-0.39, 0.29) is 5.69 Å². The summed E-state index contributed by atoms with van der Waals surface area (Å²) < 4.78 is 31.8. The molecule has 1 aromatic carbocycles. The smallest absolute Gasteiger partial charge is 0.276 e. The van der Waals surface area contributed by atoms with Gasteiger partial charge in [-0.05, 0) is 24.3 Å². The number of halogens is 2. The number of methoxy groups -OCH3 is 1. The molecule has 8 heteroatoms. The lowest BCUT2D eigenvalue weighted by Gasteiger charge is -2.07. The minimum absolute atomic E-state index is 0.0556. The van der Waals surface area contributed by atoms with Crippen LogP contribution in [0.25, 0.3) is 0 Å². The molecule has 2 N–H and O–H groups in total. The van der Waals surface area contributed by atoms with Gasteiger partial charge in [0.25, 0.3) is 5.91 Å². The number of carbonyl (C=O) groups is 1. The quantitative estimate of drug-likeness (QED) is 0.799. The number of anilines is 2. The van der Waals surface area contributed by atoms with Gasteiger partial charge in [-0.2, -0.15) is 0 Å². The molecule has 1 aromatic heterocycles. The van der Waals surface area contributed by atoms with Gasteiger partial charge in [0, 0.05) is 13.7 Å². The maximum Gasteiger partial charge on any atom is 0.276 e. The fraction of sp³-hybridized carbons (Fsp3) is 0.214. The Balaban J connectivity index is 2.04. The highest BCUT2D eigenvalue weighted by Crippen LogP contribution is 2.18. The Bertz CT molecular complexity index is 630. The molecule has 0 fully saturated rings. The van der Waals surface area contributed by atoms with Crippen molar-refractivity contribution in [2.24, 2.45) is 0 Å². The van der Waals surface area contributed by atoms with Crippen LogP contribution in [0.2, 0.25) is 0 Å². The lowest BCUT2D eigenvalue weighted by atomic mass is 10.2. The predicted molar refractivity (Wildman–Crippen MR) is 76.7 cm³/mol. The second-order valence-electron chi connectivity index (χ2n) is 4.27. The maximum atomic E-state index is 13.5. The van der Waals surface area contributed by atoms with Crippen LogP contribution in [0, 0.1) is 11.6 Å². The van der Waals surface area contributed by atoms with Gasteiger partial charge < -0.3 is 15.4 Å². The average molecular weight is 308 g/mol. The van der Waals surface area contributed by atoms with Crippen LogP contribution in [0.5, 0.6) is 0 Å². The number of hydrogen-bond donors (Lipinski definition) is 2. The molecule has 1 heterocycles. The van der Waals surface area contributed by atoms with E-state index in [2.05, 4.69) is 20.8 Å². The molecule has 2 aromatic rings. The van der Waals surface area contributed by atoms with E-state index in [1.165, 1.54) is 18.2 Å². The number of para-hydroxylation sites is 1. The van der Waals surface area contributed by atoms with Crippen molar-refractivity contribution < 1.29 is 18.3 Å². The summed E-state index contributed by atoms with van der Waals surface area (Å²) in [4.78, 5) is 11.9.